The van der Waals surface area contributed by atoms with E-state index < -0.39 is 5.97 Å². The Morgan fingerprint density at radius 3 is 2.63 bits per heavy atom. The monoisotopic (exact) mass is 257 g/mol. The fourth-order valence-electron chi connectivity index (χ4n) is 3.24. The van der Waals surface area contributed by atoms with Gasteiger partial charge in [0.2, 0.25) is 0 Å². The van der Waals surface area contributed by atoms with Crippen LogP contribution in [0, 0.1) is 6.92 Å². The molecule has 0 saturated heterocycles. The van der Waals surface area contributed by atoms with Gasteiger partial charge in [0, 0.05) is 22.7 Å². The van der Waals surface area contributed by atoms with E-state index in [9.17, 15) is 4.79 Å². The van der Waals surface area contributed by atoms with Gasteiger partial charge in [-0.1, -0.05) is 6.08 Å². The Morgan fingerprint density at radius 1 is 1.16 bits per heavy atom. The highest BCUT2D eigenvalue weighted by molar-refractivity contribution is 5.88. The Labute approximate surface area is 113 Å². The lowest BCUT2D eigenvalue weighted by atomic mass is 9.97. The van der Waals surface area contributed by atoms with Crippen molar-refractivity contribution < 1.29 is 9.90 Å². The molecule has 19 heavy (non-hydrogen) atoms. The number of nitrogens with zero attached hydrogens (tertiary/aromatic N) is 1. The second kappa shape index (κ2) is 4.72. The minimum atomic E-state index is -0.790. The van der Waals surface area contributed by atoms with E-state index in [0.29, 0.717) is 12.0 Å². The van der Waals surface area contributed by atoms with Crippen LogP contribution in [0.5, 0.6) is 0 Å². The smallest absolute Gasteiger partial charge is 0.331 e. The van der Waals surface area contributed by atoms with Gasteiger partial charge in [-0.15, -0.1) is 0 Å². The average Bonchev–Trinajstić information content (AvgIpc) is 2.74. The van der Waals surface area contributed by atoms with Gasteiger partial charge in [0.1, 0.15) is 0 Å². The molecule has 1 N–H and O–H groups in total. The number of allylic oxidation sites excluding steroid dienone is 3. The van der Waals surface area contributed by atoms with Crippen LogP contribution in [-0.2, 0) is 17.6 Å². The maximum Gasteiger partial charge on any atom is 0.331 e. The molecule has 2 aliphatic carbocycles. The number of aromatic nitrogens is 1. The Bertz CT molecular complexity index is 590. The topological polar surface area (TPSA) is 42.2 Å². The third kappa shape index (κ3) is 2.14. The molecule has 3 rings (SSSR count). The first-order chi connectivity index (χ1) is 9.16. The summed E-state index contributed by atoms with van der Waals surface area (Å²) in [6.45, 7) is 2.15. The van der Waals surface area contributed by atoms with Gasteiger partial charge in [-0.05, 0) is 63.2 Å². The van der Waals surface area contributed by atoms with Crippen molar-refractivity contribution >= 4 is 11.7 Å². The minimum absolute atomic E-state index is 0.516. The molecule has 1 aromatic heterocycles. The molecule has 3 nitrogen and oxygen atoms in total. The van der Waals surface area contributed by atoms with Crippen LogP contribution in [0.2, 0.25) is 0 Å². The predicted molar refractivity (Wildman–Crippen MR) is 75.0 cm³/mol. The third-order valence-corrected chi connectivity index (χ3v) is 4.18. The Balaban J connectivity index is 2.00. The number of hydrogen-bond acceptors (Lipinski definition) is 1. The quantitative estimate of drug-likeness (QED) is 0.883. The standard InChI is InChI=1S/C16H19NO2/c1-11-10-13-4-2-3-5-15(13)17(11)14-8-6-12(7-9-14)16(18)19/h6,8,10H,2-5,7,9H2,1H3,(H,18,19). The van der Waals surface area contributed by atoms with Crippen molar-refractivity contribution in [1.29, 1.82) is 0 Å². The summed E-state index contributed by atoms with van der Waals surface area (Å²) in [6, 6.07) is 2.30. The van der Waals surface area contributed by atoms with Crippen LogP contribution < -0.4 is 0 Å². The second-order valence-corrected chi connectivity index (χ2v) is 5.46. The zero-order valence-corrected chi connectivity index (χ0v) is 11.3. The third-order valence-electron chi connectivity index (χ3n) is 4.18. The molecule has 100 valence electrons. The zero-order valence-electron chi connectivity index (χ0n) is 11.3. The molecule has 0 aliphatic heterocycles. The van der Waals surface area contributed by atoms with E-state index in [4.69, 9.17) is 5.11 Å². The molecule has 0 radical (unpaired) electrons. The van der Waals surface area contributed by atoms with Crippen molar-refractivity contribution in [2.24, 2.45) is 0 Å². The SMILES string of the molecule is Cc1cc2c(n1C1=CC=C(C(=O)O)CC1)CCCC2. The lowest BCUT2D eigenvalue weighted by molar-refractivity contribution is -0.132. The Hall–Kier alpha value is -1.77. The molecule has 0 bridgehead atoms. The van der Waals surface area contributed by atoms with Gasteiger partial charge in [-0.25, -0.2) is 4.79 Å². The van der Waals surface area contributed by atoms with Crippen LogP contribution >= 0.6 is 0 Å². The molecule has 0 saturated carbocycles. The van der Waals surface area contributed by atoms with Crippen molar-refractivity contribution in [2.75, 3.05) is 0 Å². The van der Waals surface area contributed by atoms with Gasteiger partial charge < -0.3 is 9.67 Å². The van der Waals surface area contributed by atoms with E-state index in [2.05, 4.69) is 17.6 Å². The molecular weight excluding hydrogens is 238 g/mol. The molecule has 3 heteroatoms. The number of rotatable bonds is 2. The van der Waals surface area contributed by atoms with E-state index in [1.54, 1.807) is 6.08 Å². The zero-order chi connectivity index (χ0) is 13.4. The van der Waals surface area contributed by atoms with E-state index in [1.807, 2.05) is 6.08 Å². The molecule has 0 spiro atoms. The van der Waals surface area contributed by atoms with Crippen LogP contribution in [0.15, 0.2) is 23.8 Å². The summed E-state index contributed by atoms with van der Waals surface area (Å²) < 4.78 is 2.35. The number of hydrogen-bond donors (Lipinski definition) is 1. The first-order valence-electron chi connectivity index (χ1n) is 7.00. The Kier molecular flexibility index (Phi) is 3.05. The van der Waals surface area contributed by atoms with Crippen LogP contribution in [0.25, 0.3) is 5.70 Å². The molecule has 0 amide bonds. The number of aryl methyl sites for hydroxylation is 2. The van der Waals surface area contributed by atoms with Crippen molar-refractivity contribution in [3.63, 3.8) is 0 Å². The summed E-state index contributed by atoms with van der Waals surface area (Å²) in [5.74, 6) is -0.790. The van der Waals surface area contributed by atoms with E-state index in [-0.39, 0.29) is 0 Å². The first kappa shape index (κ1) is 12.3. The van der Waals surface area contributed by atoms with Crippen LogP contribution in [0.1, 0.15) is 42.6 Å². The van der Waals surface area contributed by atoms with E-state index in [1.165, 1.54) is 41.9 Å². The van der Waals surface area contributed by atoms with Crippen LogP contribution in [0.3, 0.4) is 0 Å². The molecular formula is C16H19NO2. The molecule has 0 unspecified atom stereocenters. The van der Waals surface area contributed by atoms with Gasteiger partial charge in [-0.2, -0.15) is 0 Å². The van der Waals surface area contributed by atoms with Gasteiger partial charge in [0.05, 0.1) is 0 Å². The molecule has 0 atom stereocenters. The van der Waals surface area contributed by atoms with Crippen molar-refractivity contribution in [3.8, 4) is 0 Å². The summed E-state index contributed by atoms with van der Waals surface area (Å²) in [6.07, 6.45) is 10.1. The highest BCUT2D eigenvalue weighted by atomic mass is 16.4. The maximum atomic E-state index is 10.9. The first-order valence-corrected chi connectivity index (χ1v) is 7.00. The van der Waals surface area contributed by atoms with Gasteiger partial charge >= 0.3 is 5.97 Å². The fourth-order valence-corrected chi connectivity index (χ4v) is 3.24. The van der Waals surface area contributed by atoms with E-state index in [0.717, 1.165) is 12.8 Å². The fraction of sp³-hybridized carbons (Fsp3) is 0.438. The van der Waals surface area contributed by atoms with Crippen molar-refractivity contribution in [1.82, 2.24) is 4.57 Å². The number of fused-ring (bicyclic) bond motifs is 1. The lowest BCUT2D eigenvalue weighted by Crippen LogP contribution is -2.12. The van der Waals surface area contributed by atoms with E-state index >= 15 is 0 Å². The number of carbonyl (C=O) groups is 1. The average molecular weight is 257 g/mol. The summed E-state index contributed by atoms with van der Waals surface area (Å²) >= 11 is 0. The molecule has 0 fully saturated rings. The molecule has 1 heterocycles. The summed E-state index contributed by atoms with van der Waals surface area (Å²) in [7, 11) is 0. The number of carboxylic acid groups (broad SMARTS) is 1. The normalized spacial score (nSPS) is 18.6. The number of aliphatic carboxylic acids is 1. The van der Waals surface area contributed by atoms with Gasteiger partial charge in [0.15, 0.2) is 0 Å². The Morgan fingerprint density at radius 2 is 1.95 bits per heavy atom. The van der Waals surface area contributed by atoms with Crippen LogP contribution in [-0.4, -0.2) is 15.6 Å². The highest BCUT2D eigenvalue weighted by Crippen LogP contribution is 2.31. The van der Waals surface area contributed by atoms with Crippen molar-refractivity contribution in [3.05, 3.63) is 40.7 Å². The lowest BCUT2D eigenvalue weighted by Gasteiger charge is -2.21. The second-order valence-electron chi connectivity index (χ2n) is 5.46. The summed E-state index contributed by atoms with van der Waals surface area (Å²) in [5.41, 5.74) is 5.97. The summed E-state index contributed by atoms with van der Waals surface area (Å²) in [4.78, 5) is 10.9. The van der Waals surface area contributed by atoms with Crippen molar-refractivity contribution in [2.45, 2.75) is 45.4 Å². The van der Waals surface area contributed by atoms with Crippen LogP contribution in [0.4, 0.5) is 0 Å². The molecule has 0 aromatic carbocycles. The van der Waals surface area contributed by atoms with Gasteiger partial charge in [0.25, 0.3) is 0 Å². The largest absolute Gasteiger partial charge is 0.478 e. The minimum Gasteiger partial charge on any atom is -0.478 e. The predicted octanol–water partition coefficient (Wildman–Crippen LogP) is 3.32. The number of carboxylic acids is 1. The molecule has 1 aromatic rings. The maximum absolute atomic E-state index is 10.9. The molecule has 2 aliphatic rings. The highest BCUT2D eigenvalue weighted by Gasteiger charge is 2.20. The summed E-state index contributed by atoms with van der Waals surface area (Å²) in [5, 5.41) is 9.00. The van der Waals surface area contributed by atoms with Gasteiger partial charge in [-0.3, -0.25) is 0 Å².